The van der Waals surface area contributed by atoms with Crippen molar-refractivity contribution in [3.8, 4) is 0 Å². The first kappa shape index (κ1) is 32.8. The van der Waals surface area contributed by atoms with Crippen LogP contribution in [-0.2, 0) is 20.0 Å². The zero-order valence-electron chi connectivity index (χ0n) is 27.7. The molecule has 2 N–H and O–H groups in total. The van der Waals surface area contributed by atoms with Crippen LogP contribution in [0.5, 0.6) is 0 Å². The maximum Gasteiger partial charge on any atom is 0.407 e. The second-order valence-electron chi connectivity index (χ2n) is 14.8. The van der Waals surface area contributed by atoms with Gasteiger partial charge in [-0.3, -0.25) is 0 Å². The maximum absolute atomic E-state index is 15.0. The van der Waals surface area contributed by atoms with E-state index < -0.39 is 9.84 Å². The summed E-state index contributed by atoms with van der Waals surface area (Å²) in [5.41, 5.74) is 1.82. The third kappa shape index (κ3) is 6.79. The van der Waals surface area contributed by atoms with E-state index >= 15 is 0 Å². The van der Waals surface area contributed by atoms with Crippen LogP contribution in [-0.4, -0.2) is 87.5 Å². The molecule has 7 rings (SSSR count). The Bertz CT molecular complexity index is 1510. The first-order chi connectivity index (χ1) is 22.8. The van der Waals surface area contributed by atoms with E-state index in [0.29, 0.717) is 22.9 Å². The van der Waals surface area contributed by atoms with Gasteiger partial charge < -0.3 is 25.2 Å². The van der Waals surface area contributed by atoms with E-state index in [1.807, 2.05) is 18.2 Å². The molecular weight excluding hydrogens is 615 g/mol. The number of nitrogens with one attached hydrogen (secondary N) is 2. The van der Waals surface area contributed by atoms with Crippen molar-refractivity contribution in [2.45, 2.75) is 104 Å². The molecule has 256 valence electrons. The van der Waals surface area contributed by atoms with E-state index in [1.54, 1.807) is 24.3 Å². The minimum Gasteiger partial charge on any atom is -0.453 e. The smallest absolute Gasteiger partial charge is 0.407 e. The predicted octanol–water partition coefficient (Wildman–Crippen LogP) is 5.98. The van der Waals surface area contributed by atoms with E-state index in [9.17, 15) is 17.6 Å². The first-order valence-electron chi connectivity index (χ1n) is 17.9. The molecule has 2 aromatic rings. The molecular formula is C37H51FN4O4S. The lowest BCUT2D eigenvalue weighted by Gasteiger charge is -2.54. The number of amides is 1. The predicted molar refractivity (Wildman–Crippen MR) is 182 cm³/mol. The Hall–Kier alpha value is -2.69. The normalized spacial score (nSPS) is 28.8. The molecule has 5 atom stereocenters. The molecule has 2 heterocycles. The number of ether oxygens (including phenoxy) is 1. The van der Waals surface area contributed by atoms with Crippen molar-refractivity contribution in [3.63, 3.8) is 0 Å². The van der Waals surface area contributed by atoms with Crippen LogP contribution in [0, 0.1) is 17.7 Å². The molecule has 2 aromatic carbocycles. The van der Waals surface area contributed by atoms with Gasteiger partial charge in [-0.05, 0) is 144 Å². The number of benzene rings is 2. The Balaban J connectivity index is 1.05. The fourth-order valence-electron chi connectivity index (χ4n) is 9.49. The quantitative estimate of drug-likeness (QED) is 0.305. The van der Waals surface area contributed by atoms with E-state index in [2.05, 4.69) is 26.5 Å². The third-order valence-electron chi connectivity index (χ3n) is 12.2. The SMILES string of the molecule is COC(=O)N[C@H]1CCC[C@@H]1[C@](CN1CCC1)(c1cccc(F)c1)C1CCN(C2CC[C@H](Nc3ccc(S(=O)(=O)C4CC4)cc3)C2)CC1. The van der Waals surface area contributed by atoms with E-state index in [4.69, 9.17) is 4.74 Å². The highest BCUT2D eigenvalue weighted by atomic mass is 32.2. The Morgan fingerprint density at radius 3 is 2.36 bits per heavy atom. The van der Waals surface area contributed by atoms with Crippen LogP contribution in [0.2, 0.25) is 0 Å². The van der Waals surface area contributed by atoms with Crippen LogP contribution >= 0.6 is 0 Å². The number of carbonyl (C=O) groups excluding carboxylic acids is 1. The third-order valence-corrected chi connectivity index (χ3v) is 14.4. The highest BCUT2D eigenvalue weighted by molar-refractivity contribution is 7.92. The summed E-state index contributed by atoms with van der Waals surface area (Å²) in [5.74, 6) is 0.408. The minimum atomic E-state index is -3.17. The number of rotatable bonds is 11. The van der Waals surface area contributed by atoms with E-state index in [1.165, 1.54) is 13.5 Å². The number of anilines is 1. The number of piperidine rings is 1. The van der Waals surface area contributed by atoms with Crippen molar-refractivity contribution in [2.75, 3.05) is 45.2 Å². The molecule has 8 nitrogen and oxygen atoms in total. The van der Waals surface area contributed by atoms with Gasteiger partial charge in [0.25, 0.3) is 0 Å². The van der Waals surface area contributed by atoms with Gasteiger partial charge in [-0.2, -0.15) is 0 Å². The Morgan fingerprint density at radius 2 is 1.70 bits per heavy atom. The minimum absolute atomic E-state index is 0.00886. The van der Waals surface area contributed by atoms with Crippen LogP contribution < -0.4 is 10.6 Å². The Morgan fingerprint density at radius 1 is 0.936 bits per heavy atom. The largest absolute Gasteiger partial charge is 0.453 e. The van der Waals surface area contributed by atoms with Crippen LogP contribution in [0.3, 0.4) is 0 Å². The molecule has 0 bridgehead atoms. The highest BCUT2D eigenvalue weighted by Gasteiger charge is 2.53. The van der Waals surface area contributed by atoms with Crippen molar-refractivity contribution in [3.05, 3.63) is 59.9 Å². The molecule has 2 saturated heterocycles. The Kier molecular flexibility index (Phi) is 9.55. The molecule has 5 aliphatic rings. The zero-order chi connectivity index (χ0) is 32.6. The molecule has 0 radical (unpaired) electrons. The summed E-state index contributed by atoms with van der Waals surface area (Å²) in [4.78, 5) is 18.1. The summed E-state index contributed by atoms with van der Waals surface area (Å²) in [6.45, 7) is 5.10. The number of alkyl carbamates (subject to hydrolysis) is 1. The van der Waals surface area contributed by atoms with Crippen LogP contribution in [0.1, 0.15) is 76.2 Å². The number of likely N-dealkylation sites (tertiary alicyclic amines) is 2. The van der Waals surface area contributed by atoms with Crippen molar-refractivity contribution in [1.29, 1.82) is 0 Å². The van der Waals surface area contributed by atoms with Gasteiger partial charge in [0, 0.05) is 35.8 Å². The fraction of sp³-hybridized carbons (Fsp3) is 0.649. The lowest BCUT2D eigenvalue weighted by atomic mass is 9.57. The summed E-state index contributed by atoms with van der Waals surface area (Å²) in [6, 6.07) is 15.6. The monoisotopic (exact) mass is 666 g/mol. The standard InChI is InChI=1S/C37H51FN4O4S/c1-46-36(43)40-35-8-3-7-34(35)37(25-41-19-4-20-41,27-5-2-6-28(38)23-27)26-17-21-42(22-18-26)31-12-9-30(24-31)39-29-10-13-32(14-11-29)47(44,45)33-15-16-33/h2,5-6,10-11,13-14,23,26,30-31,33-35,39H,3-4,7-9,12,15-22,24-25H2,1H3,(H,40,43)/t30-,31?,34-,35-,37-/m0/s1. The van der Waals surface area contributed by atoms with Gasteiger partial charge in [0.2, 0.25) is 0 Å². The van der Waals surface area contributed by atoms with Crippen molar-refractivity contribution in [2.24, 2.45) is 11.8 Å². The summed E-state index contributed by atoms with van der Waals surface area (Å²) in [5, 5.41) is 6.69. The highest BCUT2D eigenvalue weighted by Crippen LogP contribution is 2.52. The average Bonchev–Trinajstić information content (AvgIpc) is 3.67. The van der Waals surface area contributed by atoms with Crippen LogP contribution in [0.15, 0.2) is 53.4 Å². The number of carbonyl (C=O) groups is 1. The summed E-state index contributed by atoms with van der Waals surface area (Å²) in [7, 11) is -1.74. The van der Waals surface area contributed by atoms with Gasteiger partial charge in [-0.15, -0.1) is 0 Å². The average molecular weight is 667 g/mol. The van der Waals surface area contributed by atoms with Gasteiger partial charge >= 0.3 is 6.09 Å². The molecule has 1 unspecified atom stereocenters. The lowest BCUT2D eigenvalue weighted by Crippen LogP contribution is -2.59. The number of sulfone groups is 1. The molecule has 3 aliphatic carbocycles. The summed E-state index contributed by atoms with van der Waals surface area (Å²) in [6.07, 6.45) is 10.8. The van der Waals surface area contributed by atoms with Crippen molar-refractivity contribution in [1.82, 2.24) is 15.1 Å². The molecule has 0 spiro atoms. The molecule has 1 amide bonds. The number of hydrogen-bond acceptors (Lipinski definition) is 7. The fourth-order valence-corrected chi connectivity index (χ4v) is 11.1. The summed E-state index contributed by atoms with van der Waals surface area (Å²) >= 11 is 0. The number of hydrogen-bond donors (Lipinski definition) is 2. The van der Waals surface area contributed by atoms with Gasteiger partial charge in [-0.1, -0.05) is 18.6 Å². The molecule has 3 saturated carbocycles. The molecule has 0 aromatic heterocycles. The first-order valence-corrected chi connectivity index (χ1v) is 19.5. The topological polar surface area (TPSA) is 91.0 Å². The van der Waals surface area contributed by atoms with Crippen LogP contribution in [0.4, 0.5) is 14.9 Å². The molecule has 10 heteroatoms. The zero-order valence-corrected chi connectivity index (χ0v) is 28.5. The van der Waals surface area contributed by atoms with Crippen LogP contribution in [0.25, 0.3) is 0 Å². The van der Waals surface area contributed by atoms with Gasteiger partial charge in [-0.25, -0.2) is 17.6 Å². The molecule has 2 aliphatic heterocycles. The second-order valence-corrected chi connectivity index (χ2v) is 17.1. The van der Waals surface area contributed by atoms with Crippen molar-refractivity contribution < 1.29 is 22.3 Å². The summed E-state index contributed by atoms with van der Waals surface area (Å²) < 4.78 is 45.2. The second kappa shape index (κ2) is 13.7. The van der Waals surface area contributed by atoms with E-state index in [-0.39, 0.29) is 34.5 Å². The lowest BCUT2D eigenvalue weighted by molar-refractivity contribution is 0.0180. The number of methoxy groups -OCH3 is 1. The van der Waals surface area contributed by atoms with Gasteiger partial charge in [0.15, 0.2) is 9.84 Å². The van der Waals surface area contributed by atoms with E-state index in [0.717, 1.165) is 108 Å². The number of halogens is 1. The molecule has 5 fully saturated rings. The van der Waals surface area contributed by atoms with Crippen molar-refractivity contribution >= 4 is 21.6 Å². The van der Waals surface area contributed by atoms with Gasteiger partial charge in [0.05, 0.1) is 17.3 Å². The van der Waals surface area contributed by atoms with Gasteiger partial charge in [0.1, 0.15) is 5.82 Å². The Labute approximate surface area is 279 Å². The number of nitrogens with zero attached hydrogens (tertiary/aromatic N) is 2. The molecule has 47 heavy (non-hydrogen) atoms. The maximum atomic E-state index is 15.0.